The molecule has 3 nitrogen and oxygen atoms in total. The Balaban J connectivity index is 1.59. The first kappa shape index (κ1) is 30.5. The van der Waals surface area contributed by atoms with E-state index in [0.29, 0.717) is 28.1 Å². The molecular weight excluding hydrogens is 615 g/mol. The maximum absolute atomic E-state index is 15.0. The summed E-state index contributed by atoms with van der Waals surface area (Å²) in [4.78, 5) is 0. The van der Waals surface area contributed by atoms with Gasteiger partial charge >= 0.3 is 6.18 Å². The molecule has 0 bridgehead atoms. The van der Waals surface area contributed by atoms with Gasteiger partial charge in [-0.25, -0.2) is 0 Å². The van der Waals surface area contributed by atoms with Crippen molar-refractivity contribution in [1.82, 2.24) is 9.13 Å². The molecule has 0 aliphatic rings. The highest BCUT2D eigenvalue weighted by atomic mass is 19.4. The summed E-state index contributed by atoms with van der Waals surface area (Å²) in [6.45, 7) is 9.71. The largest absolute Gasteiger partial charge is 0.417 e. The lowest BCUT2D eigenvalue weighted by atomic mass is 9.93. The van der Waals surface area contributed by atoms with E-state index in [1.807, 2.05) is 49.0 Å². The molecule has 240 valence electrons. The van der Waals surface area contributed by atoms with E-state index in [4.69, 9.17) is 0 Å². The van der Waals surface area contributed by atoms with E-state index in [2.05, 4.69) is 66.7 Å². The van der Waals surface area contributed by atoms with Gasteiger partial charge in [0, 0.05) is 27.1 Å². The predicted molar refractivity (Wildman–Crippen MR) is 194 cm³/mol. The van der Waals surface area contributed by atoms with Crippen molar-refractivity contribution in [2.45, 2.75) is 40.8 Å². The van der Waals surface area contributed by atoms with Crippen LogP contribution in [-0.4, -0.2) is 9.13 Å². The maximum Gasteiger partial charge on any atom is 0.417 e. The van der Waals surface area contributed by atoms with Crippen molar-refractivity contribution in [3.8, 4) is 28.6 Å². The Morgan fingerprint density at radius 2 is 0.857 bits per heavy atom. The van der Waals surface area contributed by atoms with Crippen molar-refractivity contribution in [2.75, 3.05) is 0 Å². The highest BCUT2D eigenvalue weighted by molar-refractivity contribution is 6.11. The molecule has 0 N–H and O–H groups in total. The number of hydrogen-bond donors (Lipinski definition) is 0. The first-order valence-corrected chi connectivity index (χ1v) is 16.2. The number of fused-ring (bicyclic) bond motifs is 6. The van der Waals surface area contributed by atoms with Gasteiger partial charge in [-0.1, -0.05) is 66.2 Å². The number of aryl methyl sites for hydroxylation is 5. The van der Waals surface area contributed by atoms with E-state index in [-0.39, 0.29) is 5.56 Å². The average molecular weight is 648 g/mol. The zero-order chi connectivity index (χ0) is 34.4. The Morgan fingerprint density at radius 1 is 0.469 bits per heavy atom. The summed E-state index contributed by atoms with van der Waals surface area (Å²) >= 11 is 0. The summed E-state index contributed by atoms with van der Waals surface area (Å²) in [5, 5.41) is 14.8. The zero-order valence-corrected chi connectivity index (χ0v) is 27.8. The molecule has 0 unspecified atom stereocenters. The highest BCUT2D eigenvalue weighted by Crippen LogP contribution is 2.45. The Kier molecular flexibility index (Phi) is 6.77. The second-order valence-electron chi connectivity index (χ2n) is 13.3. The third-order valence-corrected chi connectivity index (χ3v) is 9.64. The molecule has 6 heteroatoms. The van der Waals surface area contributed by atoms with E-state index in [1.165, 1.54) is 6.07 Å². The van der Waals surface area contributed by atoms with E-state index in [0.717, 1.165) is 65.9 Å². The maximum atomic E-state index is 15.0. The molecule has 49 heavy (non-hydrogen) atoms. The lowest BCUT2D eigenvalue weighted by Gasteiger charge is -2.21. The quantitative estimate of drug-likeness (QED) is 0.188. The summed E-state index contributed by atoms with van der Waals surface area (Å²) in [5.74, 6) is 0. The van der Waals surface area contributed by atoms with Crippen LogP contribution >= 0.6 is 0 Å². The molecule has 0 saturated carbocycles. The molecule has 0 radical (unpaired) electrons. The summed E-state index contributed by atoms with van der Waals surface area (Å²) in [6, 6.07) is 35.3. The van der Waals surface area contributed by atoms with Gasteiger partial charge in [-0.15, -0.1) is 0 Å². The predicted octanol–water partition coefficient (Wildman–Crippen LogP) is 12.0. The Labute approximate surface area is 282 Å². The summed E-state index contributed by atoms with van der Waals surface area (Å²) in [5.41, 5.74) is 9.27. The molecule has 0 saturated heterocycles. The number of halogens is 3. The average Bonchev–Trinajstić information content (AvgIpc) is 3.54. The van der Waals surface area contributed by atoms with Crippen LogP contribution in [0.4, 0.5) is 13.2 Å². The Bertz CT molecular complexity index is 2600. The van der Waals surface area contributed by atoms with Gasteiger partial charge in [-0.05, 0) is 105 Å². The lowest BCUT2D eigenvalue weighted by molar-refractivity contribution is -0.137. The normalized spacial score (nSPS) is 12.1. The third kappa shape index (κ3) is 4.80. The van der Waals surface area contributed by atoms with Crippen LogP contribution in [0.2, 0.25) is 0 Å². The van der Waals surface area contributed by atoms with Crippen molar-refractivity contribution >= 4 is 43.6 Å². The molecule has 0 spiro atoms. The molecule has 0 aliphatic heterocycles. The summed E-state index contributed by atoms with van der Waals surface area (Å²) in [7, 11) is 0. The van der Waals surface area contributed by atoms with Crippen molar-refractivity contribution < 1.29 is 13.2 Å². The molecule has 0 atom stereocenters. The molecule has 0 amide bonds. The van der Waals surface area contributed by atoms with Gasteiger partial charge in [0.2, 0.25) is 0 Å². The topological polar surface area (TPSA) is 33.6 Å². The Hall–Kier alpha value is -5.80. The van der Waals surface area contributed by atoms with Crippen LogP contribution in [0.1, 0.15) is 38.9 Å². The second-order valence-corrected chi connectivity index (χ2v) is 13.3. The summed E-state index contributed by atoms with van der Waals surface area (Å²) in [6.07, 6.45) is -4.61. The number of alkyl halides is 3. The highest BCUT2D eigenvalue weighted by Gasteiger charge is 2.35. The van der Waals surface area contributed by atoms with Gasteiger partial charge in [-0.2, -0.15) is 18.4 Å². The van der Waals surface area contributed by atoms with Crippen molar-refractivity contribution in [1.29, 1.82) is 5.26 Å². The van der Waals surface area contributed by atoms with E-state index in [1.54, 1.807) is 31.2 Å². The number of benzene rings is 6. The standard InChI is InChI=1S/C43H32F3N3/c1-24-6-11-30(36(16-24)43(44,45)46)35-22-37(48-38-17-25(2)7-12-31(38)32-13-8-26(3)18-39(32)48)29(23-47)21-42(35)49-40-19-27(4)9-14-33(40)34-15-10-28(5)20-41(34)49/h6-22H,1-5H3. The monoisotopic (exact) mass is 647 g/mol. The molecule has 8 rings (SSSR count). The fourth-order valence-electron chi connectivity index (χ4n) is 7.38. The number of nitrogens with zero attached hydrogens (tertiary/aromatic N) is 3. The van der Waals surface area contributed by atoms with Gasteiger partial charge in [0.25, 0.3) is 0 Å². The van der Waals surface area contributed by atoms with Gasteiger partial charge in [0.15, 0.2) is 0 Å². The van der Waals surface area contributed by atoms with Crippen molar-refractivity contribution in [3.63, 3.8) is 0 Å². The van der Waals surface area contributed by atoms with Crippen molar-refractivity contribution in [3.05, 3.63) is 142 Å². The number of nitriles is 1. The van der Waals surface area contributed by atoms with E-state index in [9.17, 15) is 18.4 Å². The molecule has 8 aromatic rings. The number of aromatic nitrogens is 2. The lowest BCUT2D eigenvalue weighted by Crippen LogP contribution is -2.10. The molecule has 0 fully saturated rings. The van der Waals surface area contributed by atoms with Crippen LogP contribution in [0.15, 0.2) is 103 Å². The van der Waals surface area contributed by atoms with Crippen LogP contribution in [-0.2, 0) is 6.18 Å². The zero-order valence-electron chi connectivity index (χ0n) is 27.8. The number of hydrogen-bond acceptors (Lipinski definition) is 1. The smallest absolute Gasteiger partial charge is 0.309 e. The van der Waals surface area contributed by atoms with Crippen LogP contribution in [0.3, 0.4) is 0 Å². The SMILES string of the molecule is Cc1ccc(-c2cc(-n3c4cc(C)ccc4c4ccc(C)cc43)c(C#N)cc2-n2c3cc(C)ccc3c3ccc(C)cc32)c(C(F)(F)F)c1. The van der Waals surface area contributed by atoms with Gasteiger partial charge in [-0.3, -0.25) is 0 Å². The minimum absolute atomic E-state index is 0.0577. The van der Waals surface area contributed by atoms with Gasteiger partial charge in [0.05, 0.1) is 44.6 Å². The molecular formula is C43H32F3N3. The first-order chi connectivity index (χ1) is 23.4. The Morgan fingerprint density at radius 3 is 1.27 bits per heavy atom. The van der Waals surface area contributed by atoms with Crippen LogP contribution in [0.5, 0.6) is 0 Å². The molecule has 0 aliphatic carbocycles. The van der Waals surface area contributed by atoms with Crippen LogP contribution in [0, 0.1) is 45.9 Å². The van der Waals surface area contributed by atoms with Crippen LogP contribution in [0.25, 0.3) is 66.1 Å². The van der Waals surface area contributed by atoms with Gasteiger partial charge in [0.1, 0.15) is 6.07 Å². The van der Waals surface area contributed by atoms with Crippen LogP contribution < -0.4 is 0 Å². The second kappa shape index (κ2) is 10.9. The van der Waals surface area contributed by atoms with E-state index >= 15 is 0 Å². The van der Waals surface area contributed by atoms with E-state index < -0.39 is 11.7 Å². The molecule has 2 aromatic heterocycles. The number of rotatable bonds is 3. The molecule has 2 heterocycles. The fraction of sp³-hybridized carbons (Fsp3) is 0.140. The third-order valence-electron chi connectivity index (χ3n) is 9.64. The fourth-order valence-corrected chi connectivity index (χ4v) is 7.38. The summed E-state index contributed by atoms with van der Waals surface area (Å²) < 4.78 is 49.0. The van der Waals surface area contributed by atoms with Crippen molar-refractivity contribution in [2.24, 2.45) is 0 Å². The first-order valence-electron chi connectivity index (χ1n) is 16.2. The minimum atomic E-state index is -4.61. The molecule has 6 aromatic carbocycles. The minimum Gasteiger partial charge on any atom is -0.309 e. The van der Waals surface area contributed by atoms with Gasteiger partial charge < -0.3 is 9.13 Å².